The van der Waals surface area contributed by atoms with Crippen LogP contribution in [0, 0.1) is 0 Å². The minimum absolute atomic E-state index is 0.429. The molecular formula is C7H14N6O2. The summed E-state index contributed by atoms with van der Waals surface area (Å²) in [6, 6.07) is -0.861. The van der Waals surface area contributed by atoms with Crippen molar-refractivity contribution in [2.24, 2.45) is 10.2 Å². The molecule has 0 aliphatic rings. The van der Waals surface area contributed by atoms with E-state index in [0.717, 1.165) is 0 Å². The molecule has 0 aliphatic heterocycles. The standard InChI is InChI=1S/C7H14N6O2/c1-5(11-13-7(15)9-3)4-10-12-6(14)8-2/h4H,1-3H3,(H2,8,12,14)(H2,9,13,15)/b10-4-,11-5-. The van der Waals surface area contributed by atoms with Crippen molar-refractivity contribution in [2.75, 3.05) is 14.1 Å². The van der Waals surface area contributed by atoms with Gasteiger partial charge >= 0.3 is 12.1 Å². The minimum atomic E-state index is -0.432. The summed E-state index contributed by atoms with van der Waals surface area (Å²) in [5.41, 5.74) is 4.82. The second kappa shape index (κ2) is 7.30. The summed E-state index contributed by atoms with van der Waals surface area (Å²) in [7, 11) is 2.94. The van der Waals surface area contributed by atoms with Crippen LogP contribution in [0.4, 0.5) is 9.59 Å². The Bertz CT molecular complexity index is 285. The summed E-state index contributed by atoms with van der Waals surface area (Å²) in [6.45, 7) is 1.62. The molecule has 0 bridgehead atoms. The van der Waals surface area contributed by atoms with Gasteiger partial charge in [-0.1, -0.05) is 0 Å². The van der Waals surface area contributed by atoms with Gasteiger partial charge in [0.25, 0.3) is 0 Å². The van der Waals surface area contributed by atoms with Gasteiger partial charge in [0.2, 0.25) is 0 Å². The zero-order valence-electron chi connectivity index (χ0n) is 8.79. The van der Waals surface area contributed by atoms with Crippen LogP contribution in [0.3, 0.4) is 0 Å². The van der Waals surface area contributed by atoms with Gasteiger partial charge in [0.05, 0.1) is 11.9 Å². The summed E-state index contributed by atoms with van der Waals surface area (Å²) < 4.78 is 0. The average molecular weight is 214 g/mol. The molecule has 8 nitrogen and oxygen atoms in total. The van der Waals surface area contributed by atoms with E-state index in [1.54, 1.807) is 6.92 Å². The van der Waals surface area contributed by atoms with Gasteiger partial charge < -0.3 is 10.6 Å². The molecule has 0 rings (SSSR count). The zero-order chi connectivity index (χ0) is 11.7. The Hall–Kier alpha value is -2.12. The molecule has 0 aromatic carbocycles. The van der Waals surface area contributed by atoms with E-state index < -0.39 is 12.1 Å². The Morgan fingerprint density at radius 2 is 1.60 bits per heavy atom. The fourth-order valence-electron chi connectivity index (χ4n) is 0.464. The van der Waals surface area contributed by atoms with Crippen LogP contribution < -0.4 is 21.5 Å². The SMILES string of the molecule is CNC(=O)N/N=C\C(C)=N/NC(=O)NC. The maximum Gasteiger partial charge on any atom is 0.334 e. The number of carbonyl (C=O) groups excluding carboxylic acids is 2. The normalized spacial score (nSPS) is 11.0. The number of carbonyl (C=O) groups is 2. The van der Waals surface area contributed by atoms with Crippen LogP contribution in [0.15, 0.2) is 10.2 Å². The number of nitrogens with one attached hydrogen (secondary N) is 4. The smallest absolute Gasteiger partial charge is 0.334 e. The Kier molecular flexibility index (Phi) is 6.27. The third-order valence-corrected chi connectivity index (χ3v) is 1.21. The second-order valence-corrected chi connectivity index (χ2v) is 2.39. The molecule has 0 saturated heterocycles. The number of hydrazone groups is 2. The first-order valence-electron chi connectivity index (χ1n) is 4.13. The molecule has 0 heterocycles. The highest BCUT2D eigenvalue weighted by Crippen LogP contribution is 1.71. The number of urea groups is 2. The molecule has 0 atom stereocenters. The molecule has 0 radical (unpaired) electrons. The van der Waals surface area contributed by atoms with Crippen LogP contribution in [0.25, 0.3) is 0 Å². The van der Waals surface area contributed by atoms with E-state index >= 15 is 0 Å². The molecule has 0 aromatic rings. The molecule has 0 aliphatic carbocycles. The fourth-order valence-corrected chi connectivity index (χ4v) is 0.464. The van der Waals surface area contributed by atoms with Gasteiger partial charge in [0.1, 0.15) is 0 Å². The van der Waals surface area contributed by atoms with E-state index in [1.807, 2.05) is 0 Å². The van der Waals surface area contributed by atoms with Crippen molar-refractivity contribution in [3.8, 4) is 0 Å². The highest BCUT2D eigenvalue weighted by Gasteiger charge is 1.93. The maximum absolute atomic E-state index is 10.7. The Labute approximate surface area is 87.2 Å². The van der Waals surface area contributed by atoms with Crippen molar-refractivity contribution < 1.29 is 9.59 Å². The Morgan fingerprint density at radius 3 is 2.13 bits per heavy atom. The van der Waals surface area contributed by atoms with Crippen LogP contribution in [0.1, 0.15) is 6.92 Å². The van der Waals surface area contributed by atoms with Crippen molar-refractivity contribution in [1.29, 1.82) is 0 Å². The minimum Gasteiger partial charge on any atom is -0.340 e. The summed E-state index contributed by atoms with van der Waals surface area (Å²) in [5.74, 6) is 0. The van der Waals surface area contributed by atoms with Crippen LogP contribution in [-0.4, -0.2) is 38.1 Å². The van der Waals surface area contributed by atoms with E-state index in [9.17, 15) is 9.59 Å². The van der Waals surface area contributed by atoms with E-state index in [4.69, 9.17) is 0 Å². The average Bonchev–Trinajstić information content (AvgIpc) is 2.25. The van der Waals surface area contributed by atoms with E-state index in [2.05, 4.69) is 31.7 Å². The third-order valence-electron chi connectivity index (χ3n) is 1.21. The number of amides is 4. The number of nitrogens with zero attached hydrogens (tertiary/aromatic N) is 2. The number of hydrogen-bond donors (Lipinski definition) is 4. The molecular weight excluding hydrogens is 200 g/mol. The van der Waals surface area contributed by atoms with Crippen molar-refractivity contribution in [2.45, 2.75) is 6.92 Å². The quantitative estimate of drug-likeness (QED) is 0.365. The monoisotopic (exact) mass is 214 g/mol. The summed E-state index contributed by atoms with van der Waals surface area (Å²) in [4.78, 5) is 21.3. The molecule has 4 N–H and O–H groups in total. The largest absolute Gasteiger partial charge is 0.340 e. The van der Waals surface area contributed by atoms with Crippen LogP contribution in [-0.2, 0) is 0 Å². The number of hydrogen-bond acceptors (Lipinski definition) is 4. The van der Waals surface area contributed by atoms with E-state index in [0.29, 0.717) is 5.71 Å². The molecule has 0 unspecified atom stereocenters. The van der Waals surface area contributed by atoms with Gasteiger partial charge in [0, 0.05) is 14.1 Å². The van der Waals surface area contributed by atoms with Gasteiger partial charge in [-0.25, -0.2) is 20.4 Å². The lowest BCUT2D eigenvalue weighted by atomic mass is 10.5. The molecule has 0 spiro atoms. The van der Waals surface area contributed by atoms with Crippen LogP contribution in [0.2, 0.25) is 0 Å². The van der Waals surface area contributed by atoms with E-state index in [1.165, 1.54) is 20.3 Å². The third kappa shape index (κ3) is 6.99. The second-order valence-electron chi connectivity index (χ2n) is 2.39. The zero-order valence-corrected chi connectivity index (χ0v) is 8.79. The molecule has 0 saturated carbocycles. The predicted molar refractivity (Wildman–Crippen MR) is 56.8 cm³/mol. The lowest BCUT2D eigenvalue weighted by Crippen LogP contribution is -2.30. The first kappa shape index (κ1) is 12.9. The lowest BCUT2D eigenvalue weighted by molar-refractivity contribution is 0.242. The highest BCUT2D eigenvalue weighted by atomic mass is 16.2. The Balaban J connectivity index is 3.95. The van der Waals surface area contributed by atoms with Crippen molar-refractivity contribution >= 4 is 24.0 Å². The van der Waals surface area contributed by atoms with Crippen molar-refractivity contribution in [1.82, 2.24) is 21.5 Å². The van der Waals surface area contributed by atoms with Crippen LogP contribution >= 0.6 is 0 Å². The summed E-state index contributed by atoms with van der Waals surface area (Å²) in [6.07, 6.45) is 1.30. The molecule has 8 heteroatoms. The Morgan fingerprint density at radius 1 is 1.07 bits per heavy atom. The van der Waals surface area contributed by atoms with Gasteiger partial charge in [-0.05, 0) is 6.92 Å². The summed E-state index contributed by atoms with van der Waals surface area (Å²) >= 11 is 0. The van der Waals surface area contributed by atoms with E-state index in [-0.39, 0.29) is 0 Å². The van der Waals surface area contributed by atoms with Crippen molar-refractivity contribution in [3.05, 3.63) is 0 Å². The lowest BCUT2D eigenvalue weighted by Gasteiger charge is -1.98. The van der Waals surface area contributed by atoms with Gasteiger partial charge in [-0.2, -0.15) is 10.2 Å². The molecule has 15 heavy (non-hydrogen) atoms. The van der Waals surface area contributed by atoms with Gasteiger partial charge in [-0.3, -0.25) is 0 Å². The van der Waals surface area contributed by atoms with Crippen LogP contribution in [0.5, 0.6) is 0 Å². The number of rotatable bonds is 3. The molecule has 84 valence electrons. The summed E-state index contributed by atoms with van der Waals surface area (Å²) in [5, 5.41) is 11.8. The maximum atomic E-state index is 10.7. The van der Waals surface area contributed by atoms with Gasteiger partial charge in [-0.15, -0.1) is 0 Å². The topological polar surface area (TPSA) is 107 Å². The molecule has 0 aromatic heterocycles. The predicted octanol–water partition coefficient (Wildman–Crippen LogP) is -0.794. The van der Waals surface area contributed by atoms with Crippen molar-refractivity contribution in [3.63, 3.8) is 0 Å². The fraction of sp³-hybridized carbons (Fsp3) is 0.429. The molecule has 4 amide bonds. The first-order valence-corrected chi connectivity index (χ1v) is 4.13. The highest BCUT2D eigenvalue weighted by molar-refractivity contribution is 6.29. The first-order chi connectivity index (χ1) is 7.10. The molecule has 0 fully saturated rings. The van der Waals surface area contributed by atoms with Gasteiger partial charge in [0.15, 0.2) is 0 Å².